The second-order valence-electron chi connectivity index (χ2n) is 4.80. The van der Waals surface area contributed by atoms with Crippen molar-refractivity contribution in [3.05, 3.63) is 52.1 Å². The fourth-order valence-corrected chi connectivity index (χ4v) is 2.25. The lowest BCUT2D eigenvalue weighted by molar-refractivity contribution is -0.116. The second-order valence-corrected chi connectivity index (χ2v) is 5.66. The minimum atomic E-state index is -0.402. The van der Waals surface area contributed by atoms with Gasteiger partial charge in [0, 0.05) is 16.7 Å². The van der Waals surface area contributed by atoms with E-state index in [4.69, 9.17) is 11.5 Å². The van der Waals surface area contributed by atoms with E-state index in [1.165, 1.54) is 0 Å². The predicted octanol–water partition coefficient (Wildman–Crippen LogP) is 2.23. The van der Waals surface area contributed by atoms with E-state index in [-0.39, 0.29) is 6.54 Å². The summed E-state index contributed by atoms with van der Waals surface area (Å²) in [6.45, 7) is 2.52. The van der Waals surface area contributed by atoms with Gasteiger partial charge in [0.25, 0.3) is 0 Å². The van der Waals surface area contributed by atoms with Crippen LogP contribution in [0.15, 0.2) is 40.9 Å². The standard InChI is InChI=1S/C15H17BrN4O/c1-10-13(16)5-6-15(19-10)20(9-14(18)21)8-11-3-2-4-12(17)7-11/h2-7H,8-9,17H2,1H3,(H2,18,21). The third-order valence-electron chi connectivity index (χ3n) is 3.00. The number of carbonyl (C=O) groups excluding carboxylic acids is 1. The molecule has 110 valence electrons. The first kappa shape index (κ1) is 15.3. The van der Waals surface area contributed by atoms with Crippen LogP contribution in [-0.4, -0.2) is 17.4 Å². The Hall–Kier alpha value is -2.08. The van der Waals surface area contributed by atoms with Crippen molar-refractivity contribution in [2.45, 2.75) is 13.5 Å². The molecule has 0 saturated carbocycles. The number of carbonyl (C=O) groups is 1. The highest BCUT2D eigenvalue weighted by Crippen LogP contribution is 2.21. The third-order valence-corrected chi connectivity index (χ3v) is 3.84. The van der Waals surface area contributed by atoms with Crippen LogP contribution in [0.2, 0.25) is 0 Å². The molecule has 0 bridgehead atoms. The number of primary amides is 1. The number of aryl methyl sites for hydroxylation is 1. The van der Waals surface area contributed by atoms with E-state index in [1.54, 1.807) is 0 Å². The van der Waals surface area contributed by atoms with Crippen LogP contribution in [0.25, 0.3) is 0 Å². The number of rotatable bonds is 5. The highest BCUT2D eigenvalue weighted by atomic mass is 79.9. The first-order valence-electron chi connectivity index (χ1n) is 6.46. The molecule has 0 atom stereocenters. The van der Waals surface area contributed by atoms with Crippen molar-refractivity contribution in [3.8, 4) is 0 Å². The van der Waals surface area contributed by atoms with Gasteiger partial charge < -0.3 is 16.4 Å². The van der Waals surface area contributed by atoms with Gasteiger partial charge >= 0.3 is 0 Å². The minimum absolute atomic E-state index is 0.100. The van der Waals surface area contributed by atoms with Crippen molar-refractivity contribution in [3.63, 3.8) is 0 Å². The van der Waals surface area contributed by atoms with Crippen molar-refractivity contribution in [1.82, 2.24) is 4.98 Å². The number of benzene rings is 1. The maximum absolute atomic E-state index is 11.3. The minimum Gasteiger partial charge on any atom is -0.399 e. The Morgan fingerprint density at radius 1 is 1.33 bits per heavy atom. The summed E-state index contributed by atoms with van der Waals surface area (Å²) in [7, 11) is 0. The van der Waals surface area contributed by atoms with Gasteiger partial charge in [0.15, 0.2) is 0 Å². The molecule has 2 rings (SSSR count). The van der Waals surface area contributed by atoms with Crippen LogP contribution in [-0.2, 0) is 11.3 Å². The Labute approximate surface area is 132 Å². The van der Waals surface area contributed by atoms with Gasteiger partial charge in [-0.1, -0.05) is 12.1 Å². The van der Waals surface area contributed by atoms with Crippen molar-refractivity contribution in [1.29, 1.82) is 0 Å². The van der Waals surface area contributed by atoms with Gasteiger partial charge in [-0.05, 0) is 52.7 Å². The number of anilines is 2. The van der Waals surface area contributed by atoms with E-state index in [9.17, 15) is 4.79 Å². The molecule has 0 spiro atoms. The number of nitrogens with zero attached hydrogens (tertiary/aromatic N) is 2. The second kappa shape index (κ2) is 6.58. The summed E-state index contributed by atoms with van der Waals surface area (Å²) in [4.78, 5) is 17.6. The Kier molecular flexibility index (Phi) is 4.80. The molecule has 0 aliphatic heterocycles. The Morgan fingerprint density at radius 3 is 2.71 bits per heavy atom. The zero-order chi connectivity index (χ0) is 15.4. The van der Waals surface area contributed by atoms with E-state index < -0.39 is 5.91 Å². The van der Waals surface area contributed by atoms with Crippen LogP contribution in [0.1, 0.15) is 11.3 Å². The maximum Gasteiger partial charge on any atom is 0.237 e. The summed E-state index contributed by atoms with van der Waals surface area (Å²) in [6, 6.07) is 11.3. The highest BCUT2D eigenvalue weighted by Gasteiger charge is 2.13. The molecule has 0 radical (unpaired) electrons. The van der Waals surface area contributed by atoms with Gasteiger partial charge in [-0.3, -0.25) is 4.79 Å². The number of aromatic nitrogens is 1. The van der Waals surface area contributed by atoms with Gasteiger partial charge in [0.1, 0.15) is 5.82 Å². The summed E-state index contributed by atoms with van der Waals surface area (Å²) in [5.74, 6) is 0.304. The van der Waals surface area contributed by atoms with E-state index in [2.05, 4.69) is 20.9 Å². The molecule has 1 amide bonds. The number of hydrogen-bond donors (Lipinski definition) is 2. The quantitative estimate of drug-likeness (QED) is 0.811. The van der Waals surface area contributed by atoms with Crippen LogP contribution >= 0.6 is 15.9 Å². The van der Waals surface area contributed by atoms with Crippen molar-refractivity contribution in [2.24, 2.45) is 5.73 Å². The Morgan fingerprint density at radius 2 is 2.10 bits per heavy atom. The summed E-state index contributed by atoms with van der Waals surface area (Å²) < 4.78 is 0.925. The van der Waals surface area contributed by atoms with Crippen LogP contribution in [0.3, 0.4) is 0 Å². The molecule has 2 aromatic rings. The summed E-state index contributed by atoms with van der Waals surface area (Å²) in [5.41, 5.74) is 13.7. The average molecular weight is 349 g/mol. The lowest BCUT2D eigenvalue weighted by Crippen LogP contribution is -2.34. The van der Waals surface area contributed by atoms with Gasteiger partial charge in [-0.15, -0.1) is 0 Å². The first-order valence-corrected chi connectivity index (χ1v) is 7.26. The summed E-state index contributed by atoms with van der Waals surface area (Å²) in [5, 5.41) is 0. The number of halogens is 1. The molecule has 1 aromatic carbocycles. The predicted molar refractivity (Wildman–Crippen MR) is 87.8 cm³/mol. The topological polar surface area (TPSA) is 85.2 Å². The molecule has 5 nitrogen and oxygen atoms in total. The SMILES string of the molecule is Cc1nc(N(CC(N)=O)Cc2cccc(N)c2)ccc1Br. The number of pyridine rings is 1. The zero-order valence-corrected chi connectivity index (χ0v) is 13.3. The zero-order valence-electron chi connectivity index (χ0n) is 11.7. The number of nitrogen functional groups attached to an aromatic ring is 1. The number of amides is 1. The molecule has 0 unspecified atom stereocenters. The van der Waals surface area contributed by atoms with Crippen LogP contribution in [0.4, 0.5) is 11.5 Å². The number of nitrogens with two attached hydrogens (primary N) is 2. The van der Waals surface area contributed by atoms with E-state index >= 15 is 0 Å². The van der Waals surface area contributed by atoms with E-state index in [0.29, 0.717) is 18.1 Å². The highest BCUT2D eigenvalue weighted by molar-refractivity contribution is 9.10. The van der Waals surface area contributed by atoms with Gasteiger partial charge in [-0.25, -0.2) is 4.98 Å². The molecule has 1 aromatic heterocycles. The lowest BCUT2D eigenvalue weighted by atomic mass is 10.2. The van der Waals surface area contributed by atoms with Crippen molar-refractivity contribution in [2.75, 3.05) is 17.2 Å². The van der Waals surface area contributed by atoms with E-state index in [1.807, 2.05) is 48.2 Å². The molecule has 0 saturated heterocycles. The van der Waals surface area contributed by atoms with Gasteiger partial charge in [-0.2, -0.15) is 0 Å². The fourth-order valence-electron chi connectivity index (χ4n) is 2.02. The lowest BCUT2D eigenvalue weighted by Gasteiger charge is -2.23. The number of hydrogen-bond acceptors (Lipinski definition) is 4. The summed E-state index contributed by atoms with van der Waals surface area (Å²) in [6.07, 6.45) is 0. The average Bonchev–Trinajstić information content (AvgIpc) is 2.41. The molecule has 6 heteroatoms. The molecule has 4 N–H and O–H groups in total. The molecule has 0 aliphatic carbocycles. The normalized spacial score (nSPS) is 10.4. The van der Waals surface area contributed by atoms with Crippen LogP contribution in [0.5, 0.6) is 0 Å². The molecule has 21 heavy (non-hydrogen) atoms. The molecule has 0 fully saturated rings. The Balaban J connectivity index is 2.29. The fraction of sp³-hybridized carbons (Fsp3) is 0.200. The van der Waals surface area contributed by atoms with Crippen molar-refractivity contribution >= 4 is 33.3 Å². The Bertz CT molecular complexity index is 660. The third kappa shape index (κ3) is 4.19. The van der Waals surface area contributed by atoms with Gasteiger partial charge in [0.2, 0.25) is 5.91 Å². The van der Waals surface area contributed by atoms with E-state index in [0.717, 1.165) is 15.7 Å². The summed E-state index contributed by atoms with van der Waals surface area (Å²) >= 11 is 3.42. The molecule has 0 aliphatic rings. The van der Waals surface area contributed by atoms with Crippen molar-refractivity contribution < 1.29 is 4.79 Å². The van der Waals surface area contributed by atoms with Crippen LogP contribution in [0, 0.1) is 6.92 Å². The maximum atomic E-state index is 11.3. The monoisotopic (exact) mass is 348 g/mol. The first-order chi connectivity index (χ1) is 9.95. The smallest absolute Gasteiger partial charge is 0.237 e. The van der Waals surface area contributed by atoms with Gasteiger partial charge in [0.05, 0.1) is 12.2 Å². The van der Waals surface area contributed by atoms with Crippen LogP contribution < -0.4 is 16.4 Å². The molecular weight excluding hydrogens is 332 g/mol. The largest absolute Gasteiger partial charge is 0.399 e. The molecular formula is C15H17BrN4O. The molecule has 1 heterocycles.